The van der Waals surface area contributed by atoms with Crippen LogP contribution in [0.3, 0.4) is 0 Å². The number of methoxy groups -OCH3 is 2. The summed E-state index contributed by atoms with van der Waals surface area (Å²) in [5.41, 5.74) is 3.59. The maximum absolute atomic E-state index is 5.51. The molecule has 0 aromatic heterocycles. The molecule has 1 aliphatic heterocycles. The van der Waals surface area contributed by atoms with Crippen molar-refractivity contribution >= 4 is 35.6 Å². The molecule has 1 heterocycles. The third-order valence-corrected chi connectivity index (χ3v) is 5.07. The Kier molecular flexibility index (Phi) is 9.53. The van der Waals surface area contributed by atoms with Gasteiger partial charge in [-0.25, -0.2) is 0 Å². The van der Waals surface area contributed by atoms with Crippen LogP contribution in [0.25, 0.3) is 0 Å². The van der Waals surface area contributed by atoms with Gasteiger partial charge in [-0.1, -0.05) is 36.4 Å². The fraction of sp³-hybridized carbons (Fsp3) is 0.409. The van der Waals surface area contributed by atoms with Crippen LogP contribution in [0.1, 0.15) is 11.1 Å². The number of anilines is 1. The first-order valence-corrected chi connectivity index (χ1v) is 9.66. The van der Waals surface area contributed by atoms with Gasteiger partial charge in [0.05, 0.1) is 19.4 Å². The molecular formula is C22H31IN4O2. The van der Waals surface area contributed by atoms with Gasteiger partial charge in [0.2, 0.25) is 0 Å². The van der Waals surface area contributed by atoms with Crippen molar-refractivity contribution in [2.75, 3.05) is 52.3 Å². The maximum atomic E-state index is 5.51. The third kappa shape index (κ3) is 5.99. The van der Waals surface area contributed by atoms with Crippen LogP contribution in [-0.4, -0.2) is 58.3 Å². The summed E-state index contributed by atoms with van der Waals surface area (Å²) in [5, 5.41) is 3.51. The van der Waals surface area contributed by atoms with Crippen molar-refractivity contribution in [3.05, 3.63) is 59.7 Å². The summed E-state index contributed by atoms with van der Waals surface area (Å²) >= 11 is 0. The molecule has 3 rings (SSSR count). The molecular weight excluding hydrogens is 479 g/mol. The van der Waals surface area contributed by atoms with E-state index >= 15 is 0 Å². The number of nitrogens with zero attached hydrogens (tertiary/aromatic N) is 3. The normalized spacial score (nSPS) is 14.4. The molecule has 1 aliphatic rings. The van der Waals surface area contributed by atoms with E-state index < -0.39 is 0 Å². The first-order chi connectivity index (χ1) is 13.8. The zero-order valence-corrected chi connectivity index (χ0v) is 19.8. The van der Waals surface area contributed by atoms with Gasteiger partial charge in [0.15, 0.2) is 5.96 Å². The van der Waals surface area contributed by atoms with Crippen LogP contribution in [0.4, 0.5) is 5.69 Å². The fourth-order valence-corrected chi connectivity index (χ4v) is 3.58. The van der Waals surface area contributed by atoms with Gasteiger partial charge in [0.1, 0.15) is 5.75 Å². The van der Waals surface area contributed by atoms with E-state index in [1.54, 1.807) is 14.2 Å². The number of ether oxygens (including phenoxy) is 2. The van der Waals surface area contributed by atoms with Crippen LogP contribution >= 0.6 is 24.0 Å². The lowest BCUT2D eigenvalue weighted by Gasteiger charge is -2.38. The van der Waals surface area contributed by atoms with E-state index in [0.717, 1.165) is 50.1 Å². The molecule has 0 saturated carbocycles. The number of rotatable bonds is 6. The first-order valence-electron chi connectivity index (χ1n) is 9.66. The largest absolute Gasteiger partial charge is 0.495 e. The minimum absolute atomic E-state index is 0. The predicted molar refractivity (Wildman–Crippen MR) is 130 cm³/mol. The Morgan fingerprint density at radius 3 is 2.28 bits per heavy atom. The molecule has 0 spiro atoms. The van der Waals surface area contributed by atoms with Crippen LogP contribution in [0.2, 0.25) is 0 Å². The molecule has 1 fully saturated rings. The standard InChI is InChI=1S/C22H30N4O2.HI/c1-23-22(24-16-18-8-4-5-9-19(18)17-27-2)26-14-12-25(13-15-26)20-10-6-7-11-21(20)28-3;/h4-11H,12-17H2,1-3H3,(H,23,24);1H. The van der Waals surface area contributed by atoms with Crippen LogP contribution in [0.15, 0.2) is 53.5 Å². The zero-order valence-electron chi connectivity index (χ0n) is 17.4. The third-order valence-electron chi connectivity index (χ3n) is 5.07. The highest BCUT2D eigenvalue weighted by molar-refractivity contribution is 14.0. The topological polar surface area (TPSA) is 49.3 Å². The van der Waals surface area contributed by atoms with E-state index in [2.05, 4.69) is 50.4 Å². The number of aliphatic imine (C=N–C) groups is 1. The van der Waals surface area contributed by atoms with Gasteiger partial charge in [-0.3, -0.25) is 4.99 Å². The monoisotopic (exact) mass is 510 g/mol. The number of nitrogens with one attached hydrogen (secondary N) is 1. The van der Waals surface area contributed by atoms with Gasteiger partial charge in [0.25, 0.3) is 0 Å². The highest BCUT2D eigenvalue weighted by atomic mass is 127. The van der Waals surface area contributed by atoms with E-state index in [1.807, 2.05) is 25.2 Å². The molecule has 7 heteroatoms. The average Bonchev–Trinajstić information content (AvgIpc) is 2.76. The summed E-state index contributed by atoms with van der Waals surface area (Å²) in [5.74, 6) is 1.86. The quantitative estimate of drug-likeness (QED) is 0.367. The summed E-state index contributed by atoms with van der Waals surface area (Å²) in [4.78, 5) is 9.17. The minimum Gasteiger partial charge on any atom is -0.495 e. The lowest BCUT2D eigenvalue weighted by molar-refractivity contribution is 0.184. The molecule has 2 aromatic rings. The highest BCUT2D eigenvalue weighted by Gasteiger charge is 2.21. The van der Waals surface area contributed by atoms with Gasteiger partial charge in [-0.15, -0.1) is 24.0 Å². The second kappa shape index (κ2) is 11.9. The molecule has 0 aliphatic carbocycles. The summed E-state index contributed by atoms with van der Waals surface area (Å²) in [6.07, 6.45) is 0. The summed E-state index contributed by atoms with van der Waals surface area (Å²) in [6, 6.07) is 16.5. The summed E-state index contributed by atoms with van der Waals surface area (Å²) in [7, 11) is 5.29. The Bertz CT molecular complexity index is 792. The highest BCUT2D eigenvalue weighted by Crippen LogP contribution is 2.28. The SMILES string of the molecule is CN=C(NCc1ccccc1COC)N1CCN(c2ccccc2OC)CC1.I. The number of para-hydroxylation sites is 2. The van der Waals surface area contributed by atoms with Crippen molar-refractivity contribution in [1.82, 2.24) is 10.2 Å². The van der Waals surface area contributed by atoms with Gasteiger partial charge in [0, 0.05) is 46.9 Å². The second-order valence-corrected chi connectivity index (χ2v) is 6.75. The Hall–Kier alpha value is -2.00. The van der Waals surface area contributed by atoms with Crippen molar-refractivity contribution in [3.63, 3.8) is 0 Å². The van der Waals surface area contributed by atoms with Crippen LogP contribution in [0, 0.1) is 0 Å². The minimum atomic E-state index is 0. The molecule has 2 aromatic carbocycles. The lowest BCUT2D eigenvalue weighted by Crippen LogP contribution is -2.52. The molecule has 158 valence electrons. The average molecular weight is 510 g/mol. The van der Waals surface area contributed by atoms with Crippen molar-refractivity contribution < 1.29 is 9.47 Å². The molecule has 29 heavy (non-hydrogen) atoms. The smallest absolute Gasteiger partial charge is 0.194 e. The van der Waals surface area contributed by atoms with Crippen molar-refractivity contribution in [2.24, 2.45) is 4.99 Å². The molecule has 0 radical (unpaired) electrons. The lowest BCUT2D eigenvalue weighted by atomic mass is 10.1. The molecule has 6 nitrogen and oxygen atoms in total. The van der Waals surface area contributed by atoms with Crippen molar-refractivity contribution in [2.45, 2.75) is 13.2 Å². The van der Waals surface area contributed by atoms with E-state index in [1.165, 1.54) is 11.1 Å². The molecule has 1 saturated heterocycles. The molecule has 0 unspecified atom stereocenters. The molecule has 0 bridgehead atoms. The number of guanidine groups is 1. The summed E-state index contributed by atoms with van der Waals surface area (Å²) < 4.78 is 10.8. The number of benzene rings is 2. The Labute approximate surface area is 190 Å². The number of hydrogen-bond donors (Lipinski definition) is 1. The van der Waals surface area contributed by atoms with E-state index in [0.29, 0.717) is 6.61 Å². The van der Waals surface area contributed by atoms with Crippen molar-refractivity contribution in [3.8, 4) is 5.75 Å². The van der Waals surface area contributed by atoms with Crippen LogP contribution in [-0.2, 0) is 17.9 Å². The van der Waals surface area contributed by atoms with E-state index in [9.17, 15) is 0 Å². The predicted octanol–water partition coefficient (Wildman–Crippen LogP) is 3.36. The van der Waals surface area contributed by atoms with Gasteiger partial charge >= 0.3 is 0 Å². The first kappa shape index (κ1) is 23.3. The maximum Gasteiger partial charge on any atom is 0.194 e. The Balaban J connectivity index is 0.00000300. The van der Waals surface area contributed by atoms with Crippen molar-refractivity contribution in [1.29, 1.82) is 0 Å². The van der Waals surface area contributed by atoms with Gasteiger partial charge in [-0.05, 0) is 23.3 Å². The number of hydrogen-bond acceptors (Lipinski definition) is 4. The van der Waals surface area contributed by atoms with Gasteiger partial charge in [-0.2, -0.15) is 0 Å². The van der Waals surface area contributed by atoms with E-state index in [-0.39, 0.29) is 24.0 Å². The Morgan fingerprint density at radius 1 is 0.966 bits per heavy atom. The van der Waals surface area contributed by atoms with Gasteiger partial charge < -0.3 is 24.6 Å². The molecule has 0 amide bonds. The fourth-order valence-electron chi connectivity index (χ4n) is 3.58. The molecule has 1 N–H and O–H groups in total. The second-order valence-electron chi connectivity index (χ2n) is 6.75. The molecule has 0 atom stereocenters. The number of halogens is 1. The van der Waals surface area contributed by atoms with E-state index in [4.69, 9.17) is 9.47 Å². The zero-order chi connectivity index (χ0) is 19.8. The Morgan fingerprint density at radius 2 is 1.62 bits per heavy atom. The van der Waals surface area contributed by atoms with Crippen LogP contribution in [0.5, 0.6) is 5.75 Å². The number of piperazine rings is 1. The van der Waals surface area contributed by atoms with Crippen LogP contribution < -0.4 is 15.0 Å². The summed E-state index contributed by atoms with van der Waals surface area (Å²) in [6.45, 7) is 5.05.